The third-order valence-electron chi connectivity index (χ3n) is 3.22. The molecule has 0 radical (unpaired) electrons. The SMILES string of the molecule is CCCCCC[C@@H](C)NS(=O)(=O)c1ccc(OC)cc1. The third-order valence-corrected chi connectivity index (χ3v) is 4.82. The van der Waals surface area contributed by atoms with Gasteiger partial charge in [0.25, 0.3) is 0 Å². The van der Waals surface area contributed by atoms with Gasteiger partial charge in [-0.05, 0) is 37.6 Å². The zero-order chi connectivity index (χ0) is 15.0. The molecule has 0 amide bonds. The van der Waals surface area contributed by atoms with Gasteiger partial charge in [0.2, 0.25) is 10.0 Å². The maximum Gasteiger partial charge on any atom is 0.240 e. The van der Waals surface area contributed by atoms with Crippen LogP contribution in [0.1, 0.15) is 46.0 Å². The van der Waals surface area contributed by atoms with E-state index in [9.17, 15) is 8.42 Å². The van der Waals surface area contributed by atoms with Crippen LogP contribution in [0, 0.1) is 0 Å². The van der Waals surface area contributed by atoms with Crippen LogP contribution in [-0.2, 0) is 10.0 Å². The van der Waals surface area contributed by atoms with Gasteiger partial charge in [0.1, 0.15) is 5.75 Å². The smallest absolute Gasteiger partial charge is 0.240 e. The average Bonchev–Trinajstić information content (AvgIpc) is 2.43. The number of benzene rings is 1. The number of hydrogen-bond donors (Lipinski definition) is 1. The van der Waals surface area contributed by atoms with Crippen LogP contribution in [0.25, 0.3) is 0 Å². The van der Waals surface area contributed by atoms with Crippen LogP contribution in [0.15, 0.2) is 29.2 Å². The van der Waals surface area contributed by atoms with Crippen molar-refractivity contribution in [2.24, 2.45) is 0 Å². The van der Waals surface area contributed by atoms with Crippen molar-refractivity contribution in [3.05, 3.63) is 24.3 Å². The molecule has 0 aromatic heterocycles. The Labute approximate surface area is 122 Å². The summed E-state index contributed by atoms with van der Waals surface area (Å²) in [5.41, 5.74) is 0. The van der Waals surface area contributed by atoms with Crippen LogP contribution >= 0.6 is 0 Å². The maximum atomic E-state index is 12.2. The minimum Gasteiger partial charge on any atom is -0.497 e. The highest BCUT2D eigenvalue weighted by Crippen LogP contribution is 2.16. The van der Waals surface area contributed by atoms with E-state index in [1.807, 2.05) is 6.92 Å². The molecule has 0 bridgehead atoms. The fourth-order valence-electron chi connectivity index (χ4n) is 2.02. The topological polar surface area (TPSA) is 55.4 Å². The Balaban J connectivity index is 2.55. The first-order valence-corrected chi connectivity index (χ1v) is 8.64. The molecule has 0 aliphatic carbocycles. The standard InChI is InChI=1S/C15H25NO3S/c1-4-5-6-7-8-13(2)16-20(17,18)15-11-9-14(19-3)10-12-15/h9-13,16H,4-8H2,1-3H3/t13-/m1/s1. The highest BCUT2D eigenvalue weighted by Gasteiger charge is 2.16. The molecule has 5 heteroatoms. The molecule has 0 aliphatic heterocycles. The monoisotopic (exact) mass is 299 g/mol. The molecule has 1 atom stereocenters. The second-order valence-electron chi connectivity index (χ2n) is 5.05. The number of unbranched alkanes of at least 4 members (excludes halogenated alkanes) is 3. The maximum absolute atomic E-state index is 12.2. The first-order chi connectivity index (χ1) is 9.49. The minimum absolute atomic E-state index is 0.0426. The molecule has 1 aromatic rings. The fraction of sp³-hybridized carbons (Fsp3) is 0.600. The van der Waals surface area contributed by atoms with E-state index in [1.165, 1.54) is 12.8 Å². The van der Waals surface area contributed by atoms with Crippen molar-refractivity contribution in [1.82, 2.24) is 4.72 Å². The van der Waals surface area contributed by atoms with Crippen LogP contribution < -0.4 is 9.46 Å². The van der Waals surface area contributed by atoms with Crippen LogP contribution in [0.5, 0.6) is 5.75 Å². The summed E-state index contributed by atoms with van der Waals surface area (Å²) in [7, 11) is -1.88. The predicted octanol–water partition coefficient (Wildman–Crippen LogP) is 3.33. The molecule has 20 heavy (non-hydrogen) atoms. The number of sulfonamides is 1. The summed E-state index contributed by atoms with van der Waals surface area (Å²) in [6.45, 7) is 4.07. The molecule has 4 nitrogen and oxygen atoms in total. The zero-order valence-corrected chi connectivity index (χ0v) is 13.4. The van der Waals surface area contributed by atoms with Crippen molar-refractivity contribution in [3.63, 3.8) is 0 Å². The van der Waals surface area contributed by atoms with Crippen LogP contribution in [0.3, 0.4) is 0 Å². The molecule has 0 saturated carbocycles. The van der Waals surface area contributed by atoms with Gasteiger partial charge in [-0.1, -0.05) is 32.6 Å². The van der Waals surface area contributed by atoms with Gasteiger partial charge in [-0.2, -0.15) is 0 Å². The third kappa shape index (κ3) is 5.51. The lowest BCUT2D eigenvalue weighted by atomic mass is 10.1. The van der Waals surface area contributed by atoms with Crippen LogP contribution in [0.2, 0.25) is 0 Å². The largest absolute Gasteiger partial charge is 0.497 e. The molecule has 0 saturated heterocycles. The summed E-state index contributed by atoms with van der Waals surface area (Å²) < 4.78 is 32.1. The number of methoxy groups -OCH3 is 1. The molecule has 0 heterocycles. The van der Waals surface area contributed by atoms with E-state index in [-0.39, 0.29) is 10.9 Å². The van der Waals surface area contributed by atoms with E-state index in [4.69, 9.17) is 4.74 Å². The quantitative estimate of drug-likeness (QED) is 0.712. The van der Waals surface area contributed by atoms with Gasteiger partial charge in [-0.15, -0.1) is 0 Å². The second-order valence-corrected chi connectivity index (χ2v) is 6.76. The van der Waals surface area contributed by atoms with E-state index < -0.39 is 10.0 Å². The van der Waals surface area contributed by atoms with Gasteiger partial charge < -0.3 is 4.74 Å². The summed E-state index contributed by atoms with van der Waals surface area (Å²) in [6, 6.07) is 6.38. The fourth-order valence-corrected chi connectivity index (χ4v) is 3.30. The van der Waals surface area contributed by atoms with E-state index >= 15 is 0 Å². The highest BCUT2D eigenvalue weighted by atomic mass is 32.2. The van der Waals surface area contributed by atoms with Gasteiger partial charge in [-0.25, -0.2) is 13.1 Å². The Kier molecular flexibility index (Phi) is 7.02. The Hall–Kier alpha value is -1.07. The van der Waals surface area contributed by atoms with Gasteiger partial charge in [0.15, 0.2) is 0 Å². The Morgan fingerprint density at radius 3 is 2.35 bits per heavy atom. The van der Waals surface area contributed by atoms with Crippen molar-refractivity contribution < 1.29 is 13.2 Å². The first kappa shape index (κ1) is 17.0. The molecule has 0 spiro atoms. The lowest BCUT2D eigenvalue weighted by Gasteiger charge is -2.14. The normalized spacial score (nSPS) is 13.2. The van der Waals surface area contributed by atoms with Crippen LogP contribution in [0.4, 0.5) is 0 Å². The lowest BCUT2D eigenvalue weighted by Crippen LogP contribution is -2.32. The predicted molar refractivity (Wildman–Crippen MR) is 81.5 cm³/mol. The van der Waals surface area contributed by atoms with Crippen molar-refractivity contribution in [2.45, 2.75) is 56.9 Å². The van der Waals surface area contributed by atoms with Gasteiger partial charge >= 0.3 is 0 Å². The van der Waals surface area contributed by atoms with Crippen molar-refractivity contribution in [3.8, 4) is 5.75 Å². The lowest BCUT2D eigenvalue weighted by molar-refractivity contribution is 0.414. The second kappa shape index (κ2) is 8.27. The Morgan fingerprint density at radius 1 is 1.15 bits per heavy atom. The molecule has 0 fully saturated rings. The van der Waals surface area contributed by atoms with Crippen molar-refractivity contribution >= 4 is 10.0 Å². The zero-order valence-electron chi connectivity index (χ0n) is 12.6. The van der Waals surface area contributed by atoms with E-state index in [0.29, 0.717) is 5.75 Å². The number of hydrogen-bond acceptors (Lipinski definition) is 3. The van der Waals surface area contributed by atoms with Crippen molar-refractivity contribution in [2.75, 3.05) is 7.11 Å². The van der Waals surface area contributed by atoms with E-state index in [1.54, 1.807) is 31.4 Å². The summed E-state index contributed by atoms with van der Waals surface area (Å²) in [5.74, 6) is 0.650. The van der Waals surface area contributed by atoms with E-state index in [0.717, 1.165) is 19.3 Å². The summed E-state index contributed by atoms with van der Waals surface area (Å²) >= 11 is 0. The Bertz CT molecular complexity index is 482. The minimum atomic E-state index is -3.43. The van der Waals surface area contributed by atoms with Gasteiger partial charge in [0, 0.05) is 6.04 Å². The number of nitrogens with one attached hydrogen (secondary N) is 1. The number of rotatable bonds is 9. The molecular formula is C15H25NO3S. The summed E-state index contributed by atoms with van der Waals surface area (Å²) in [4.78, 5) is 0.277. The molecule has 1 rings (SSSR count). The highest BCUT2D eigenvalue weighted by molar-refractivity contribution is 7.89. The first-order valence-electron chi connectivity index (χ1n) is 7.16. The summed E-state index contributed by atoms with van der Waals surface area (Å²) in [5, 5.41) is 0. The van der Waals surface area contributed by atoms with Gasteiger partial charge in [-0.3, -0.25) is 0 Å². The van der Waals surface area contributed by atoms with Crippen LogP contribution in [-0.4, -0.2) is 21.6 Å². The number of ether oxygens (including phenoxy) is 1. The van der Waals surface area contributed by atoms with Crippen molar-refractivity contribution in [1.29, 1.82) is 0 Å². The average molecular weight is 299 g/mol. The van der Waals surface area contributed by atoms with Gasteiger partial charge in [0.05, 0.1) is 12.0 Å². The molecule has 1 aromatic carbocycles. The molecule has 1 N–H and O–H groups in total. The van der Waals surface area contributed by atoms with E-state index in [2.05, 4.69) is 11.6 Å². The molecule has 0 unspecified atom stereocenters. The summed E-state index contributed by atoms with van der Waals surface area (Å²) in [6.07, 6.45) is 5.48. The Morgan fingerprint density at radius 2 is 1.80 bits per heavy atom. The molecule has 114 valence electrons. The molecular weight excluding hydrogens is 274 g/mol. The molecule has 0 aliphatic rings.